The van der Waals surface area contributed by atoms with E-state index in [0.717, 1.165) is 22.6 Å². The van der Waals surface area contributed by atoms with E-state index < -0.39 is 5.97 Å². The van der Waals surface area contributed by atoms with Crippen LogP contribution in [0.3, 0.4) is 0 Å². The van der Waals surface area contributed by atoms with Crippen LogP contribution >= 0.6 is 11.6 Å². The van der Waals surface area contributed by atoms with Gasteiger partial charge in [-0.1, -0.05) is 16.8 Å². The SMILES string of the molecule is CC(=NOC(=O)c1ccc(Cl)cc1)c1c(C)nc2cc(C)ccn12. The second kappa shape index (κ2) is 6.45. The predicted octanol–water partition coefficient (Wildman–Crippen LogP) is 4.19. The molecule has 3 rings (SSSR count). The van der Waals surface area contributed by atoms with E-state index in [4.69, 9.17) is 16.4 Å². The van der Waals surface area contributed by atoms with Crippen LogP contribution in [0, 0.1) is 13.8 Å². The summed E-state index contributed by atoms with van der Waals surface area (Å²) in [6, 6.07) is 10.4. The van der Waals surface area contributed by atoms with Gasteiger partial charge in [0.25, 0.3) is 0 Å². The number of rotatable bonds is 3. The van der Waals surface area contributed by atoms with Gasteiger partial charge in [-0.3, -0.25) is 4.40 Å². The van der Waals surface area contributed by atoms with E-state index in [-0.39, 0.29) is 0 Å². The number of aryl methyl sites for hydroxylation is 2. The van der Waals surface area contributed by atoms with Gasteiger partial charge in [-0.25, -0.2) is 9.78 Å². The minimum atomic E-state index is -0.534. The molecule has 0 bridgehead atoms. The molecule has 6 heteroatoms. The summed E-state index contributed by atoms with van der Waals surface area (Å²) in [5.41, 5.74) is 4.56. The Kier molecular flexibility index (Phi) is 4.36. The lowest BCUT2D eigenvalue weighted by molar-refractivity contribution is 0.0516. The van der Waals surface area contributed by atoms with Gasteiger partial charge in [0.15, 0.2) is 0 Å². The fourth-order valence-corrected chi connectivity index (χ4v) is 2.62. The molecule has 0 saturated carbocycles. The average Bonchev–Trinajstić information content (AvgIpc) is 2.87. The summed E-state index contributed by atoms with van der Waals surface area (Å²) in [5.74, 6) is -0.534. The molecule has 0 unspecified atom stereocenters. The molecule has 0 saturated heterocycles. The smallest absolute Gasteiger partial charge is 0.312 e. The van der Waals surface area contributed by atoms with Crippen LogP contribution < -0.4 is 0 Å². The van der Waals surface area contributed by atoms with E-state index >= 15 is 0 Å². The van der Waals surface area contributed by atoms with Gasteiger partial charge in [0.05, 0.1) is 17.0 Å². The summed E-state index contributed by atoms with van der Waals surface area (Å²) in [4.78, 5) is 21.6. The topological polar surface area (TPSA) is 56.0 Å². The first-order valence-electron chi connectivity index (χ1n) is 7.43. The van der Waals surface area contributed by atoms with Gasteiger partial charge in [-0.2, -0.15) is 0 Å². The highest BCUT2D eigenvalue weighted by Crippen LogP contribution is 2.15. The number of hydrogen-bond acceptors (Lipinski definition) is 4. The van der Waals surface area contributed by atoms with Gasteiger partial charge >= 0.3 is 5.97 Å². The molecule has 0 aliphatic heterocycles. The van der Waals surface area contributed by atoms with Gasteiger partial charge < -0.3 is 4.84 Å². The molecule has 2 aromatic heterocycles. The zero-order valence-electron chi connectivity index (χ0n) is 13.6. The molecule has 24 heavy (non-hydrogen) atoms. The van der Waals surface area contributed by atoms with Crippen molar-refractivity contribution in [3.63, 3.8) is 0 Å². The molecule has 0 fully saturated rings. The Morgan fingerprint density at radius 1 is 1.21 bits per heavy atom. The fourth-order valence-electron chi connectivity index (χ4n) is 2.49. The zero-order valence-corrected chi connectivity index (χ0v) is 14.3. The van der Waals surface area contributed by atoms with E-state index in [1.165, 1.54) is 0 Å². The van der Waals surface area contributed by atoms with Crippen LogP contribution in [0.5, 0.6) is 0 Å². The minimum Gasteiger partial charge on any atom is -0.312 e. The van der Waals surface area contributed by atoms with E-state index in [1.54, 1.807) is 31.2 Å². The van der Waals surface area contributed by atoms with Crippen LogP contribution in [-0.4, -0.2) is 21.1 Å². The summed E-state index contributed by atoms with van der Waals surface area (Å²) in [6.45, 7) is 5.70. The van der Waals surface area contributed by atoms with E-state index in [2.05, 4.69) is 10.1 Å². The molecule has 0 amide bonds. The number of fused-ring (bicyclic) bond motifs is 1. The highest BCUT2D eigenvalue weighted by Gasteiger charge is 2.13. The van der Waals surface area contributed by atoms with Crippen LogP contribution in [0.1, 0.15) is 34.2 Å². The molecule has 122 valence electrons. The van der Waals surface area contributed by atoms with Crippen LogP contribution in [0.4, 0.5) is 0 Å². The molecular formula is C18H16ClN3O2. The van der Waals surface area contributed by atoms with Crippen LogP contribution in [0.25, 0.3) is 5.65 Å². The second-order valence-electron chi connectivity index (χ2n) is 5.54. The first-order chi connectivity index (χ1) is 11.5. The number of carbonyl (C=O) groups excluding carboxylic acids is 1. The third-order valence-corrected chi connectivity index (χ3v) is 3.90. The molecule has 1 aromatic carbocycles. The van der Waals surface area contributed by atoms with Gasteiger partial charge in [0.2, 0.25) is 0 Å². The first kappa shape index (κ1) is 16.2. The van der Waals surface area contributed by atoms with Crippen molar-refractivity contribution < 1.29 is 9.63 Å². The van der Waals surface area contributed by atoms with Crippen molar-refractivity contribution in [3.8, 4) is 0 Å². The number of benzene rings is 1. The number of nitrogens with zero attached hydrogens (tertiary/aromatic N) is 3. The molecule has 0 atom stereocenters. The summed E-state index contributed by atoms with van der Waals surface area (Å²) in [7, 11) is 0. The Morgan fingerprint density at radius 2 is 1.92 bits per heavy atom. The van der Waals surface area contributed by atoms with Crippen molar-refractivity contribution in [1.82, 2.24) is 9.38 Å². The molecule has 0 N–H and O–H groups in total. The highest BCUT2D eigenvalue weighted by molar-refractivity contribution is 6.30. The van der Waals surface area contributed by atoms with Gasteiger partial charge in [-0.05, 0) is 62.7 Å². The molecule has 2 heterocycles. The Hall–Kier alpha value is -2.66. The molecule has 0 radical (unpaired) electrons. The van der Waals surface area contributed by atoms with Gasteiger partial charge in [0.1, 0.15) is 11.4 Å². The number of pyridine rings is 1. The van der Waals surface area contributed by atoms with E-state index in [0.29, 0.717) is 16.3 Å². The highest BCUT2D eigenvalue weighted by atomic mass is 35.5. The lowest BCUT2D eigenvalue weighted by Gasteiger charge is -2.03. The average molecular weight is 342 g/mol. The summed E-state index contributed by atoms with van der Waals surface area (Å²) >= 11 is 5.81. The third-order valence-electron chi connectivity index (χ3n) is 3.64. The largest absolute Gasteiger partial charge is 0.365 e. The molecular weight excluding hydrogens is 326 g/mol. The number of oxime groups is 1. The second-order valence-corrected chi connectivity index (χ2v) is 5.98. The lowest BCUT2D eigenvalue weighted by atomic mass is 10.2. The Morgan fingerprint density at radius 3 is 2.62 bits per heavy atom. The summed E-state index contributed by atoms with van der Waals surface area (Å²) in [6.07, 6.45) is 1.93. The number of halogens is 1. The molecule has 0 aliphatic rings. The van der Waals surface area contributed by atoms with Crippen molar-refractivity contribution in [2.75, 3.05) is 0 Å². The molecule has 5 nitrogen and oxygen atoms in total. The lowest BCUT2D eigenvalue weighted by Crippen LogP contribution is -2.06. The Labute approximate surface area is 144 Å². The zero-order chi connectivity index (χ0) is 17.3. The number of hydrogen-bond donors (Lipinski definition) is 0. The molecule has 0 spiro atoms. The number of aromatic nitrogens is 2. The van der Waals surface area contributed by atoms with Gasteiger partial charge in [-0.15, -0.1) is 0 Å². The summed E-state index contributed by atoms with van der Waals surface area (Å²) < 4.78 is 1.93. The fraction of sp³-hybridized carbons (Fsp3) is 0.167. The van der Waals surface area contributed by atoms with Crippen LogP contribution in [-0.2, 0) is 4.84 Å². The minimum absolute atomic E-state index is 0.390. The number of imidazole rings is 1. The molecule has 0 aliphatic carbocycles. The van der Waals surface area contributed by atoms with E-state index in [9.17, 15) is 4.79 Å². The summed E-state index contributed by atoms with van der Waals surface area (Å²) in [5, 5.41) is 4.53. The van der Waals surface area contributed by atoms with Crippen LogP contribution in [0.15, 0.2) is 47.8 Å². The van der Waals surface area contributed by atoms with Gasteiger partial charge in [0, 0.05) is 11.2 Å². The van der Waals surface area contributed by atoms with E-state index in [1.807, 2.05) is 36.6 Å². The standard InChI is InChI=1S/C18H16ClN3O2/c1-11-8-9-22-16(10-11)20-12(2)17(22)13(3)21-24-18(23)14-4-6-15(19)7-5-14/h4-10H,1-3H3. The Balaban J connectivity index is 1.87. The molecule has 3 aromatic rings. The van der Waals surface area contributed by atoms with Crippen LogP contribution in [0.2, 0.25) is 5.02 Å². The maximum Gasteiger partial charge on any atom is 0.365 e. The van der Waals surface area contributed by atoms with Crippen molar-refractivity contribution in [2.24, 2.45) is 5.16 Å². The normalized spacial score (nSPS) is 11.8. The monoisotopic (exact) mass is 341 g/mol. The predicted molar refractivity (Wildman–Crippen MR) is 93.7 cm³/mol. The van der Waals surface area contributed by atoms with Crippen molar-refractivity contribution in [3.05, 3.63) is 70.1 Å². The quantitative estimate of drug-likeness (QED) is 0.408. The number of carbonyl (C=O) groups is 1. The maximum atomic E-state index is 12.0. The van der Waals surface area contributed by atoms with Crippen molar-refractivity contribution in [2.45, 2.75) is 20.8 Å². The third kappa shape index (κ3) is 3.16. The maximum absolute atomic E-state index is 12.0. The Bertz CT molecular complexity index is 943. The van der Waals surface area contributed by atoms with Crippen molar-refractivity contribution in [1.29, 1.82) is 0 Å². The first-order valence-corrected chi connectivity index (χ1v) is 7.80. The van der Waals surface area contributed by atoms with Crippen molar-refractivity contribution >= 4 is 28.9 Å².